The Kier molecular flexibility index (Phi) is 5.48. The average molecular weight is 272 g/mol. The van der Waals surface area contributed by atoms with E-state index >= 15 is 0 Å². The van der Waals surface area contributed by atoms with E-state index in [4.69, 9.17) is 10.00 Å². The Bertz CT molecular complexity index is 580. The zero-order valence-electron chi connectivity index (χ0n) is 11.7. The number of hydrogen-bond donors (Lipinski definition) is 1. The first-order valence-electron chi connectivity index (χ1n) is 6.15. The highest BCUT2D eigenvalue weighted by Gasteiger charge is 2.14. The third kappa shape index (κ3) is 3.95. The number of allylic oxidation sites excluding steroid dienone is 1. The van der Waals surface area contributed by atoms with Crippen molar-refractivity contribution in [3.63, 3.8) is 0 Å². The topological polar surface area (TPSA) is 79.2 Å². The second kappa shape index (κ2) is 7.10. The van der Waals surface area contributed by atoms with Crippen molar-refractivity contribution < 1.29 is 14.3 Å². The predicted molar refractivity (Wildman–Crippen MR) is 75.6 cm³/mol. The van der Waals surface area contributed by atoms with Gasteiger partial charge in [-0.25, -0.2) is 4.79 Å². The minimum atomic E-state index is -0.626. The number of carbonyl (C=O) groups is 2. The van der Waals surface area contributed by atoms with Crippen LogP contribution in [0.5, 0.6) is 0 Å². The maximum atomic E-state index is 11.6. The SMILES string of the molecule is CCOC(=O)C(C#N)=C(C)c1ccc(NC(C)=O)cc1. The van der Waals surface area contributed by atoms with Crippen LogP contribution in [0.3, 0.4) is 0 Å². The van der Waals surface area contributed by atoms with Crippen molar-refractivity contribution in [1.82, 2.24) is 0 Å². The number of carbonyl (C=O) groups excluding carboxylic acids is 2. The first-order chi connectivity index (χ1) is 9.49. The van der Waals surface area contributed by atoms with Crippen molar-refractivity contribution in [2.24, 2.45) is 0 Å². The largest absolute Gasteiger partial charge is 0.462 e. The van der Waals surface area contributed by atoms with E-state index in [1.54, 1.807) is 38.1 Å². The van der Waals surface area contributed by atoms with Gasteiger partial charge in [-0.2, -0.15) is 5.26 Å². The first-order valence-corrected chi connectivity index (χ1v) is 6.15. The molecule has 1 amide bonds. The monoisotopic (exact) mass is 272 g/mol. The molecule has 0 aromatic heterocycles. The number of nitriles is 1. The summed E-state index contributed by atoms with van der Waals surface area (Å²) in [6.07, 6.45) is 0. The van der Waals surface area contributed by atoms with Gasteiger partial charge in [0.15, 0.2) is 0 Å². The van der Waals surface area contributed by atoms with E-state index in [0.29, 0.717) is 11.3 Å². The summed E-state index contributed by atoms with van der Waals surface area (Å²) in [6, 6.07) is 8.75. The molecule has 0 spiro atoms. The molecule has 104 valence electrons. The summed E-state index contributed by atoms with van der Waals surface area (Å²) in [6.45, 7) is 5.01. The number of amides is 1. The standard InChI is InChI=1S/C15H16N2O3/c1-4-20-15(19)14(9-16)10(2)12-5-7-13(8-6-12)17-11(3)18/h5-8H,4H2,1-3H3,(H,17,18). The molecule has 0 aliphatic rings. The summed E-state index contributed by atoms with van der Waals surface area (Å²) < 4.78 is 4.84. The lowest BCUT2D eigenvalue weighted by Gasteiger charge is -2.07. The molecule has 1 aromatic carbocycles. The fraction of sp³-hybridized carbons (Fsp3) is 0.267. The summed E-state index contributed by atoms with van der Waals surface area (Å²) in [5.41, 5.74) is 1.91. The third-order valence-electron chi connectivity index (χ3n) is 2.60. The summed E-state index contributed by atoms with van der Waals surface area (Å²) in [5.74, 6) is -0.785. The van der Waals surface area contributed by atoms with Gasteiger partial charge in [0.25, 0.3) is 0 Å². The van der Waals surface area contributed by atoms with Crippen LogP contribution in [-0.2, 0) is 14.3 Å². The van der Waals surface area contributed by atoms with E-state index < -0.39 is 5.97 Å². The van der Waals surface area contributed by atoms with E-state index in [9.17, 15) is 9.59 Å². The molecular formula is C15H16N2O3. The molecule has 0 saturated heterocycles. The Balaban J connectivity index is 3.06. The van der Waals surface area contributed by atoms with E-state index in [0.717, 1.165) is 5.56 Å². The van der Waals surface area contributed by atoms with Gasteiger partial charge in [0, 0.05) is 12.6 Å². The second-order valence-electron chi connectivity index (χ2n) is 4.09. The third-order valence-corrected chi connectivity index (χ3v) is 2.60. The molecule has 0 aliphatic heterocycles. The van der Waals surface area contributed by atoms with Crippen LogP contribution in [0.25, 0.3) is 5.57 Å². The molecule has 0 radical (unpaired) electrons. The Morgan fingerprint density at radius 3 is 2.30 bits per heavy atom. The van der Waals surface area contributed by atoms with Gasteiger partial charge in [-0.1, -0.05) is 12.1 Å². The van der Waals surface area contributed by atoms with Crippen LogP contribution in [0.4, 0.5) is 5.69 Å². The molecule has 0 atom stereocenters. The molecule has 5 heteroatoms. The van der Waals surface area contributed by atoms with E-state index in [2.05, 4.69) is 5.32 Å². The summed E-state index contributed by atoms with van der Waals surface area (Å²) in [4.78, 5) is 22.6. The van der Waals surface area contributed by atoms with Crippen molar-refractivity contribution in [3.8, 4) is 6.07 Å². The lowest BCUT2D eigenvalue weighted by Crippen LogP contribution is -2.08. The molecule has 0 fully saturated rings. The van der Waals surface area contributed by atoms with E-state index in [-0.39, 0.29) is 18.1 Å². The number of rotatable bonds is 4. The fourth-order valence-corrected chi connectivity index (χ4v) is 1.64. The minimum Gasteiger partial charge on any atom is -0.462 e. The number of anilines is 1. The maximum absolute atomic E-state index is 11.6. The van der Waals surface area contributed by atoms with Crippen LogP contribution >= 0.6 is 0 Å². The highest BCUT2D eigenvalue weighted by molar-refractivity contribution is 6.01. The molecule has 5 nitrogen and oxygen atoms in total. The molecule has 1 rings (SSSR count). The molecule has 0 aliphatic carbocycles. The highest BCUT2D eigenvalue weighted by atomic mass is 16.5. The minimum absolute atomic E-state index is 0.0147. The Morgan fingerprint density at radius 1 is 1.25 bits per heavy atom. The normalized spacial score (nSPS) is 11.1. The summed E-state index contributed by atoms with van der Waals surface area (Å²) in [7, 11) is 0. The quantitative estimate of drug-likeness (QED) is 0.519. The molecule has 0 unspecified atom stereocenters. The van der Waals surface area contributed by atoms with Crippen molar-refractivity contribution in [2.75, 3.05) is 11.9 Å². The molecule has 20 heavy (non-hydrogen) atoms. The van der Waals surface area contributed by atoms with E-state index in [1.165, 1.54) is 6.92 Å². The maximum Gasteiger partial charge on any atom is 0.349 e. The molecule has 0 saturated carbocycles. The summed E-state index contributed by atoms with van der Waals surface area (Å²) >= 11 is 0. The average Bonchev–Trinajstić information content (AvgIpc) is 2.40. The number of esters is 1. The van der Waals surface area contributed by atoms with Crippen LogP contribution in [-0.4, -0.2) is 18.5 Å². The van der Waals surface area contributed by atoms with Crippen molar-refractivity contribution in [1.29, 1.82) is 5.26 Å². The number of ether oxygens (including phenoxy) is 1. The fourth-order valence-electron chi connectivity index (χ4n) is 1.64. The first kappa shape index (κ1) is 15.4. The lowest BCUT2D eigenvalue weighted by atomic mass is 10.0. The van der Waals surface area contributed by atoms with Gasteiger partial charge in [-0.3, -0.25) is 4.79 Å². The Hall–Kier alpha value is -2.61. The van der Waals surface area contributed by atoms with Crippen molar-refractivity contribution >= 4 is 23.1 Å². The molecule has 0 bridgehead atoms. The molecular weight excluding hydrogens is 256 g/mol. The van der Waals surface area contributed by atoms with Crippen LogP contribution in [0.15, 0.2) is 29.8 Å². The smallest absolute Gasteiger partial charge is 0.349 e. The van der Waals surface area contributed by atoms with Crippen LogP contribution in [0.2, 0.25) is 0 Å². The number of nitrogens with zero attached hydrogens (tertiary/aromatic N) is 1. The van der Waals surface area contributed by atoms with Gasteiger partial charge in [0.05, 0.1) is 6.61 Å². The van der Waals surface area contributed by atoms with Gasteiger partial charge in [-0.15, -0.1) is 0 Å². The zero-order chi connectivity index (χ0) is 15.1. The molecule has 0 heterocycles. The second-order valence-corrected chi connectivity index (χ2v) is 4.09. The molecule has 1 aromatic rings. The lowest BCUT2D eigenvalue weighted by molar-refractivity contribution is -0.137. The number of benzene rings is 1. The van der Waals surface area contributed by atoms with Gasteiger partial charge in [0.2, 0.25) is 5.91 Å². The highest BCUT2D eigenvalue weighted by Crippen LogP contribution is 2.21. The zero-order valence-corrected chi connectivity index (χ0v) is 11.7. The molecule has 1 N–H and O–H groups in total. The van der Waals surface area contributed by atoms with Gasteiger partial charge >= 0.3 is 5.97 Å². The van der Waals surface area contributed by atoms with Crippen molar-refractivity contribution in [3.05, 3.63) is 35.4 Å². The van der Waals surface area contributed by atoms with Crippen LogP contribution in [0.1, 0.15) is 26.3 Å². The summed E-state index contributed by atoms with van der Waals surface area (Å²) in [5, 5.41) is 11.7. The predicted octanol–water partition coefficient (Wildman–Crippen LogP) is 2.51. The van der Waals surface area contributed by atoms with Crippen LogP contribution in [0, 0.1) is 11.3 Å². The number of hydrogen-bond acceptors (Lipinski definition) is 4. The van der Waals surface area contributed by atoms with E-state index in [1.807, 2.05) is 6.07 Å². The van der Waals surface area contributed by atoms with Crippen LogP contribution < -0.4 is 5.32 Å². The van der Waals surface area contributed by atoms with Gasteiger partial charge in [-0.05, 0) is 37.1 Å². The Labute approximate surface area is 117 Å². The van der Waals surface area contributed by atoms with Gasteiger partial charge < -0.3 is 10.1 Å². The number of nitrogens with one attached hydrogen (secondary N) is 1. The van der Waals surface area contributed by atoms with Gasteiger partial charge in [0.1, 0.15) is 11.6 Å². The Morgan fingerprint density at radius 2 is 1.85 bits per heavy atom. The van der Waals surface area contributed by atoms with Crippen molar-refractivity contribution in [2.45, 2.75) is 20.8 Å².